The smallest absolute Gasteiger partial charge is 0.219 e. The lowest BCUT2D eigenvalue weighted by atomic mass is 10.3. The van der Waals surface area contributed by atoms with Crippen molar-refractivity contribution in [1.29, 1.82) is 0 Å². The van der Waals surface area contributed by atoms with Crippen LogP contribution in [0.15, 0.2) is 12.4 Å². The largest absolute Gasteiger partial charge is 0.481 e. The topological polar surface area (TPSA) is 58.6 Å². The summed E-state index contributed by atoms with van der Waals surface area (Å²) < 4.78 is 5.09. The van der Waals surface area contributed by atoms with Crippen molar-refractivity contribution in [1.82, 2.24) is 14.9 Å². The maximum Gasteiger partial charge on any atom is 0.219 e. The zero-order valence-electron chi connectivity index (χ0n) is 10.8. The summed E-state index contributed by atoms with van der Waals surface area (Å²) in [5.41, 5.74) is 0. The van der Waals surface area contributed by atoms with Crippen LogP contribution in [0.3, 0.4) is 0 Å². The molecule has 1 amide bonds. The third-order valence-corrected chi connectivity index (χ3v) is 3.10. The van der Waals surface area contributed by atoms with Crippen LogP contribution in [-0.2, 0) is 4.79 Å². The lowest BCUT2D eigenvalue weighted by Crippen LogP contribution is -2.33. The van der Waals surface area contributed by atoms with Gasteiger partial charge in [0.05, 0.1) is 7.11 Å². The van der Waals surface area contributed by atoms with Crippen LogP contribution in [0.5, 0.6) is 5.88 Å². The van der Waals surface area contributed by atoms with Crippen molar-refractivity contribution < 1.29 is 9.53 Å². The highest BCUT2D eigenvalue weighted by Crippen LogP contribution is 2.17. The molecule has 1 aliphatic heterocycles. The number of carbonyl (C=O) groups is 1. The van der Waals surface area contributed by atoms with Gasteiger partial charge in [0.1, 0.15) is 12.1 Å². The van der Waals surface area contributed by atoms with Gasteiger partial charge in [0.15, 0.2) is 0 Å². The summed E-state index contributed by atoms with van der Waals surface area (Å²) in [5, 5.41) is 0. The van der Waals surface area contributed by atoms with Crippen LogP contribution in [0, 0.1) is 0 Å². The second-order valence-electron chi connectivity index (χ2n) is 4.27. The maximum atomic E-state index is 11.4. The van der Waals surface area contributed by atoms with E-state index in [-0.39, 0.29) is 5.91 Å². The molecule has 1 aromatic heterocycles. The second kappa shape index (κ2) is 5.66. The molecule has 0 aliphatic carbocycles. The monoisotopic (exact) mass is 250 g/mol. The zero-order valence-corrected chi connectivity index (χ0v) is 10.8. The summed E-state index contributed by atoms with van der Waals surface area (Å²) in [4.78, 5) is 23.6. The molecule has 6 heteroatoms. The average molecular weight is 250 g/mol. The minimum Gasteiger partial charge on any atom is -0.481 e. The van der Waals surface area contributed by atoms with E-state index < -0.39 is 0 Å². The number of carbonyl (C=O) groups excluding carboxylic acids is 1. The number of methoxy groups -OCH3 is 1. The Bertz CT molecular complexity index is 424. The summed E-state index contributed by atoms with van der Waals surface area (Å²) in [6.07, 6.45) is 2.45. The fourth-order valence-corrected chi connectivity index (χ4v) is 2.08. The molecular weight excluding hydrogens is 232 g/mol. The number of hydrogen-bond donors (Lipinski definition) is 0. The Balaban J connectivity index is 2.07. The quantitative estimate of drug-likeness (QED) is 0.767. The van der Waals surface area contributed by atoms with Crippen LogP contribution in [0.2, 0.25) is 0 Å². The first-order chi connectivity index (χ1) is 8.70. The van der Waals surface area contributed by atoms with E-state index in [0.29, 0.717) is 5.88 Å². The van der Waals surface area contributed by atoms with Crippen LogP contribution < -0.4 is 9.64 Å². The molecule has 0 saturated carbocycles. The van der Waals surface area contributed by atoms with Crippen molar-refractivity contribution in [3.05, 3.63) is 12.4 Å². The molecule has 18 heavy (non-hydrogen) atoms. The number of anilines is 1. The first-order valence-electron chi connectivity index (χ1n) is 6.07. The molecule has 0 radical (unpaired) electrons. The van der Waals surface area contributed by atoms with Crippen molar-refractivity contribution in [3.63, 3.8) is 0 Å². The van der Waals surface area contributed by atoms with Gasteiger partial charge in [0.25, 0.3) is 0 Å². The molecule has 0 bridgehead atoms. The SMILES string of the molecule is COc1cc(N2CCCN(C(C)=O)CC2)ncn1. The standard InChI is InChI=1S/C12H18N4O2/c1-10(17)15-4-3-5-16(7-6-15)11-8-12(18-2)14-9-13-11/h8-9H,3-7H2,1-2H3. The van der Waals surface area contributed by atoms with Gasteiger partial charge in [-0.25, -0.2) is 9.97 Å². The van der Waals surface area contributed by atoms with Gasteiger partial charge in [-0.3, -0.25) is 4.79 Å². The molecule has 1 fully saturated rings. The van der Waals surface area contributed by atoms with Crippen molar-refractivity contribution in [2.75, 3.05) is 38.2 Å². The van der Waals surface area contributed by atoms with E-state index in [1.165, 1.54) is 6.33 Å². The van der Waals surface area contributed by atoms with Gasteiger partial charge in [-0.15, -0.1) is 0 Å². The number of nitrogens with zero attached hydrogens (tertiary/aromatic N) is 4. The van der Waals surface area contributed by atoms with E-state index in [1.54, 1.807) is 14.0 Å². The number of amides is 1. The highest BCUT2D eigenvalue weighted by atomic mass is 16.5. The lowest BCUT2D eigenvalue weighted by molar-refractivity contribution is -0.128. The number of aromatic nitrogens is 2. The summed E-state index contributed by atoms with van der Waals surface area (Å²) in [6.45, 7) is 4.85. The fraction of sp³-hybridized carbons (Fsp3) is 0.583. The van der Waals surface area contributed by atoms with Gasteiger partial charge in [0.2, 0.25) is 11.8 Å². The molecule has 98 valence electrons. The van der Waals surface area contributed by atoms with E-state index in [0.717, 1.165) is 38.4 Å². The second-order valence-corrected chi connectivity index (χ2v) is 4.27. The van der Waals surface area contributed by atoms with Crippen molar-refractivity contribution in [2.45, 2.75) is 13.3 Å². The maximum absolute atomic E-state index is 11.4. The number of rotatable bonds is 2. The Morgan fingerprint density at radius 2 is 2.11 bits per heavy atom. The van der Waals surface area contributed by atoms with Crippen LogP contribution in [-0.4, -0.2) is 54.1 Å². The zero-order chi connectivity index (χ0) is 13.0. The third kappa shape index (κ3) is 2.88. The van der Waals surface area contributed by atoms with Crippen LogP contribution in [0.4, 0.5) is 5.82 Å². The fourth-order valence-electron chi connectivity index (χ4n) is 2.08. The van der Waals surface area contributed by atoms with Crippen molar-refractivity contribution in [3.8, 4) is 5.88 Å². The Morgan fingerprint density at radius 1 is 1.28 bits per heavy atom. The molecular formula is C12H18N4O2. The van der Waals surface area contributed by atoms with E-state index in [2.05, 4.69) is 14.9 Å². The molecule has 1 saturated heterocycles. The van der Waals surface area contributed by atoms with E-state index in [1.807, 2.05) is 11.0 Å². The molecule has 1 aromatic rings. The number of ether oxygens (including phenoxy) is 1. The number of hydrogen-bond acceptors (Lipinski definition) is 5. The summed E-state index contributed by atoms with van der Waals surface area (Å²) >= 11 is 0. The van der Waals surface area contributed by atoms with Crippen LogP contribution in [0.1, 0.15) is 13.3 Å². The van der Waals surface area contributed by atoms with Gasteiger partial charge in [-0.05, 0) is 6.42 Å². The first-order valence-corrected chi connectivity index (χ1v) is 6.07. The predicted octanol–water partition coefficient (Wildman–Crippen LogP) is 0.544. The molecule has 2 heterocycles. The summed E-state index contributed by atoms with van der Waals surface area (Å²) in [5.74, 6) is 1.55. The Labute approximate surface area is 107 Å². The normalized spacial score (nSPS) is 16.3. The van der Waals surface area contributed by atoms with Crippen LogP contribution in [0.25, 0.3) is 0 Å². The molecule has 0 N–H and O–H groups in total. The average Bonchev–Trinajstić information content (AvgIpc) is 2.64. The van der Waals surface area contributed by atoms with Gasteiger partial charge >= 0.3 is 0 Å². The van der Waals surface area contributed by atoms with E-state index >= 15 is 0 Å². The van der Waals surface area contributed by atoms with Gasteiger partial charge < -0.3 is 14.5 Å². The Morgan fingerprint density at radius 3 is 2.83 bits per heavy atom. The molecule has 1 aliphatic rings. The molecule has 2 rings (SSSR count). The van der Waals surface area contributed by atoms with E-state index in [4.69, 9.17) is 4.74 Å². The van der Waals surface area contributed by atoms with Gasteiger partial charge in [-0.2, -0.15) is 0 Å². The van der Waals surface area contributed by atoms with Crippen molar-refractivity contribution in [2.24, 2.45) is 0 Å². The summed E-state index contributed by atoms with van der Waals surface area (Å²) in [7, 11) is 1.59. The minimum atomic E-state index is 0.136. The van der Waals surface area contributed by atoms with Crippen LogP contribution >= 0.6 is 0 Å². The molecule has 0 aromatic carbocycles. The molecule has 0 atom stereocenters. The van der Waals surface area contributed by atoms with Crippen molar-refractivity contribution >= 4 is 11.7 Å². The minimum absolute atomic E-state index is 0.136. The van der Waals surface area contributed by atoms with Gasteiger partial charge in [0, 0.05) is 39.2 Å². The third-order valence-electron chi connectivity index (χ3n) is 3.10. The summed E-state index contributed by atoms with van der Waals surface area (Å²) in [6, 6.07) is 1.82. The van der Waals surface area contributed by atoms with Gasteiger partial charge in [-0.1, -0.05) is 0 Å². The predicted molar refractivity (Wildman–Crippen MR) is 67.7 cm³/mol. The molecule has 6 nitrogen and oxygen atoms in total. The van der Waals surface area contributed by atoms with E-state index in [9.17, 15) is 4.79 Å². The first kappa shape index (κ1) is 12.6. The molecule has 0 unspecified atom stereocenters. The lowest BCUT2D eigenvalue weighted by Gasteiger charge is -2.22. The Hall–Kier alpha value is -1.85. The highest BCUT2D eigenvalue weighted by Gasteiger charge is 2.17. The molecule has 0 spiro atoms. The highest BCUT2D eigenvalue weighted by molar-refractivity contribution is 5.73. The Kier molecular flexibility index (Phi) is 3.96.